The predicted octanol–water partition coefficient (Wildman–Crippen LogP) is 3.44. The molecule has 4 unspecified atom stereocenters. The minimum Gasteiger partial charge on any atom is -0.468 e. The molecular formula is C26H36O6. The van der Waals surface area contributed by atoms with Crippen LogP contribution in [0.1, 0.15) is 73.6 Å². The lowest BCUT2D eigenvalue weighted by atomic mass is 9.30. The van der Waals surface area contributed by atoms with Gasteiger partial charge in [-0.3, -0.25) is 19.2 Å². The van der Waals surface area contributed by atoms with Crippen molar-refractivity contribution in [3.8, 4) is 0 Å². The van der Waals surface area contributed by atoms with E-state index in [1.165, 1.54) is 14.0 Å². The van der Waals surface area contributed by atoms with Gasteiger partial charge in [-0.05, 0) is 67.8 Å². The molecule has 0 aliphatic heterocycles. The number of esters is 1. The molecular weight excluding hydrogens is 408 g/mol. The molecule has 4 saturated carbocycles. The Hall–Kier alpha value is -1.82. The molecule has 6 heteroatoms. The van der Waals surface area contributed by atoms with Crippen LogP contribution in [0.25, 0.3) is 0 Å². The monoisotopic (exact) mass is 444 g/mol. The highest BCUT2D eigenvalue weighted by atomic mass is 16.5. The molecule has 2 bridgehead atoms. The van der Waals surface area contributed by atoms with Gasteiger partial charge in [0.2, 0.25) is 0 Å². The molecule has 1 N–H and O–H groups in total. The number of carbonyl (C=O) groups excluding carboxylic acids is 4. The second-order valence-electron chi connectivity index (χ2n) is 12.2. The van der Waals surface area contributed by atoms with E-state index < -0.39 is 44.8 Å². The van der Waals surface area contributed by atoms with Crippen molar-refractivity contribution in [2.75, 3.05) is 7.11 Å². The van der Waals surface area contributed by atoms with E-state index in [4.69, 9.17) is 4.74 Å². The summed E-state index contributed by atoms with van der Waals surface area (Å²) in [5.74, 6) is -2.03. The van der Waals surface area contributed by atoms with Gasteiger partial charge in [0, 0.05) is 11.8 Å². The van der Waals surface area contributed by atoms with Crippen LogP contribution >= 0.6 is 0 Å². The summed E-state index contributed by atoms with van der Waals surface area (Å²) in [5.41, 5.74) is -6.85. The summed E-state index contributed by atoms with van der Waals surface area (Å²) in [4.78, 5) is 53.9. The van der Waals surface area contributed by atoms with Crippen LogP contribution in [0.3, 0.4) is 0 Å². The van der Waals surface area contributed by atoms with Crippen molar-refractivity contribution in [2.24, 2.45) is 38.9 Å². The van der Waals surface area contributed by atoms with Crippen LogP contribution in [0.5, 0.6) is 0 Å². The SMILES string of the molecule is C=C1C2(C)CC3[C@@]4(C)CCC(=O)C(C)(C)C4CC[C@@]3(C)C1(C(=O)OC)C(=O)[C@](C)(O)C2=O. The summed E-state index contributed by atoms with van der Waals surface area (Å²) in [6.07, 6.45) is 2.66. The lowest BCUT2D eigenvalue weighted by Crippen LogP contribution is -2.77. The average molecular weight is 445 g/mol. The fraction of sp³-hybridized carbons (Fsp3) is 0.769. The second-order valence-corrected chi connectivity index (χ2v) is 12.2. The zero-order chi connectivity index (χ0) is 24.3. The van der Waals surface area contributed by atoms with Gasteiger partial charge in [-0.25, -0.2) is 0 Å². The second kappa shape index (κ2) is 6.19. The van der Waals surface area contributed by atoms with E-state index in [0.29, 0.717) is 32.1 Å². The number of rotatable bonds is 1. The third-order valence-corrected chi connectivity index (χ3v) is 10.6. The van der Waals surface area contributed by atoms with Crippen LogP contribution < -0.4 is 0 Å². The maximum Gasteiger partial charge on any atom is 0.324 e. The molecule has 0 aromatic carbocycles. The molecule has 4 rings (SSSR count). The molecule has 0 aromatic rings. The Labute approximate surface area is 190 Å². The zero-order valence-electron chi connectivity index (χ0n) is 20.4. The van der Waals surface area contributed by atoms with E-state index in [-0.39, 0.29) is 28.6 Å². The third kappa shape index (κ3) is 2.16. The average Bonchev–Trinajstić information content (AvgIpc) is 2.71. The van der Waals surface area contributed by atoms with Gasteiger partial charge in [-0.2, -0.15) is 0 Å². The molecule has 4 aliphatic carbocycles. The maximum atomic E-state index is 14.0. The van der Waals surface area contributed by atoms with E-state index in [1.54, 1.807) is 6.92 Å². The number of aliphatic hydroxyl groups is 1. The van der Waals surface area contributed by atoms with E-state index in [9.17, 15) is 24.3 Å². The van der Waals surface area contributed by atoms with Crippen molar-refractivity contribution in [1.29, 1.82) is 0 Å². The zero-order valence-corrected chi connectivity index (χ0v) is 20.4. The van der Waals surface area contributed by atoms with E-state index in [0.717, 1.165) is 0 Å². The number of ketones is 3. The number of ether oxygens (including phenoxy) is 1. The van der Waals surface area contributed by atoms with Crippen LogP contribution in [0.2, 0.25) is 0 Å². The van der Waals surface area contributed by atoms with Gasteiger partial charge in [0.05, 0.1) is 12.5 Å². The molecule has 0 amide bonds. The highest BCUT2D eigenvalue weighted by Crippen LogP contribution is 2.76. The molecule has 0 radical (unpaired) electrons. The largest absolute Gasteiger partial charge is 0.468 e. The molecule has 4 aliphatic rings. The smallest absolute Gasteiger partial charge is 0.324 e. The van der Waals surface area contributed by atoms with E-state index in [2.05, 4.69) is 13.5 Å². The number of Topliss-reactive ketones (excluding diaryl/α,β-unsaturated/α-hetero) is 3. The van der Waals surface area contributed by atoms with Crippen LogP contribution in [0.4, 0.5) is 0 Å². The van der Waals surface area contributed by atoms with Gasteiger partial charge in [-0.15, -0.1) is 0 Å². The van der Waals surface area contributed by atoms with Crippen molar-refractivity contribution in [3.05, 3.63) is 12.2 Å². The first-order chi connectivity index (χ1) is 14.5. The fourth-order valence-electron chi connectivity index (χ4n) is 8.78. The molecule has 6 nitrogen and oxygen atoms in total. The highest BCUT2D eigenvalue weighted by molar-refractivity contribution is 6.26. The molecule has 0 saturated heterocycles. The summed E-state index contributed by atoms with van der Waals surface area (Å²) >= 11 is 0. The van der Waals surface area contributed by atoms with Crippen LogP contribution in [-0.4, -0.2) is 41.1 Å². The van der Waals surface area contributed by atoms with Crippen LogP contribution in [0.15, 0.2) is 12.2 Å². The Kier molecular flexibility index (Phi) is 4.52. The Balaban J connectivity index is 2.03. The lowest BCUT2D eigenvalue weighted by Gasteiger charge is -2.71. The Morgan fingerprint density at radius 2 is 1.59 bits per heavy atom. The molecule has 176 valence electrons. The molecule has 32 heavy (non-hydrogen) atoms. The first-order valence-electron chi connectivity index (χ1n) is 11.6. The van der Waals surface area contributed by atoms with Gasteiger partial charge < -0.3 is 9.84 Å². The molecule has 0 spiro atoms. The van der Waals surface area contributed by atoms with Crippen LogP contribution in [-0.2, 0) is 23.9 Å². The Morgan fingerprint density at radius 1 is 1.00 bits per heavy atom. The summed E-state index contributed by atoms with van der Waals surface area (Å²) in [6.45, 7) is 15.2. The lowest BCUT2D eigenvalue weighted by molar-refractivity contribution is -0.222. The highest BCUT2D eigenvalue weighted by Gasteiger charge is 2.81. The Bertz CT molecular complexity index is 965. The van der Waals surface area contributed by atoms with Crippen molar-refractivity contribution in [3.63, 3.8) is 0 Å². The van der Waals surface area contributed by atoms with Crippen molar-refractivity contribution >= 4 is 23.3 Å². The normalized spacial score (nSPS) is 49.9. The minimum absolute atomic E-state index is 0.0745. The maximum absolute atomic E-state index is 14.0. The number of fused-ring (bicyclic) bond motifs is 6. The number of hydrogen-bond donors (Lipinski definition) is 1. The van der Waals surface area contributed by atoms with Gasteiger partial charge in [0.25, 0.3) is 0 Å². The Morgan fingerprint density at radius 3 is 2.16 bits per heavy atom. The molecule has 0 aromatic heterocycles. The standard InChI is InChI=1S/C26H36O6/c1-14-23(5)13-16-22(4)11-10-17(27)21(2,3)15(22)9-12-24(16,6)26(14,20(30)32-8)19(29)25(7,31)18(23)28/h15-16,31H,1,9-13H2,2-8H3/t15?,16?,22-,23?,24+,25+,26?/m0/s1. The van der Waals surface area contributed by atoms with Gasteiger partial charge in [-0.1, -0.05) is 34.3 Å². The summed E-state index contributed by atoms with van der Waals surface area (Å²) < 4.78 is 5.22. The topological polar surface area (TPSA) is 97.7 Å². The van der Waals surface area contributed by atoms with Gasteiger partial charge in [0.1, 0.15) is 5.78 Å². The molecule has 7 atom stereocenters. The van der Waals surface area contributed by atoms with Crippen molar-refractivity contribution in [1.82, 2.24) is 0 Å². The predicted molar refractivity (Wildman–Crippen MR) is 117 cm³/mol. The van der Waals surface area contributed by atoms with Crippen LogP contribution in [0, 0.1) is 38.9 Å². The minimum atomic E-state index is -2.29. The first-order valence-corrected chi connectivity index (χ1v) is 11.6. The summed E-state index contributed by atoms with van der Waals surface area (Å²) in [6, 6.07) is 0. The van der Waals surface area contributed by atoms with E-state index >= 15 is 0 Å². The molecule has 4 fully saturated rings. The quantitative estimate of drug-likeness (QED) is 0.378. The summed E-state index contributed by atoms with van der Waals surface area (Å²) in [5, 5.41) is 11.1. The summed E-state index contributed by atoms with van der Waals surface area (Å²) in [7, 11) is 1.24. The van der Waals surface area contributed by atoms with Crippen molar-refractivity contribution in [2.45, 2.75) is 79.2 Å². The fourth-order valence-corrected chi connectivity index (χ4v) is 8.78. The number of carbonyl (C=O) groups is 4. The number of methoxy groups -OCH3 is 1. The van der Waals surface area contributed by atoms with Crippen molar-refractivity contribution < 1.29 is 29.0 Å². The third-order valence-electron chi connectivity index (χ3n) is 10.6. The van der Waals surface area contributed by atoms with Gasteiger partial charge in [0.15, 0.2) is 22.6 Å². The van der Waals surface area contributed by atoms with E-state index in [1.807, 2.05) is 20.8 Å². The van der Waals surface area contributed by atoms with Gasteiger partial charge >= 0.3 is 5.97 Å². The first kappa shape index (κ1) is 23.3. The molecule has 0 heterocycles. The number of hydrogen-bond acceptors (Lipinski definition) is 6.